The van der Waals surface area contributed by atoms with Gasteiger partial charge in [-0.2, -0.15) is 0 Å². The molecule has 1 atom stereocenters. The van der Waals surface area contributed by atoms with Crippen LogP contribution in [0.4, 0.5) is 9.18 Å². The molecule has 0 N–H and O–H groups in total. The molecule has 0 radical (unpaired) electrons. The van der Waals surface area contributed by atoms with E-state index in [0.29, 0.717) is 32.8 Å². The van der Waals surface area contributed by atoms with Crippen LogP contribution in [0.2, 0.25) is 0 Å². The molecule has 1 aromatic rings. The third-order valence-electron chi connectivity index (χ3n) is 3.80. The first-order valence-corrected chi connectivity index (χ1v) is 7.48. The summed E-state index contributed by atoms with van der Waals surface area (Å²) >= 11 is 0. The third-order valence-corrected chi connectivity index (χ3v) is 3.80. The fraction of sp³-hybridized carbons (Fsp3) is 0.643. The fourth-order valence-electron chi connectivity index (χ4n) is 2.67. The van der Waals surface area contributed by atoms with E-state index in [1.165, 1.54) is 0 Å². The Morgan fingerprint density at radius 2 is 1.95 bits per heavy atom. The summed E-state index contributed by atoms with van der Waals surface area (Å²) in [6.45, 7) is 3.65. The zero-order chi connectivity index (χ0) is 15.4. The summed E-state index contributed by atoms with van der Waals surface area (Å²) < 4.78 is 23.7. The molecule has 2 aliphatic rings. The van der Waals surface area contributed by atoms with E-state index < -0.39 is 5.82 Å². The van der Waals surface area contributed by atoms with Gasteiger partial charge in [0.25, 0.3) is 0 Å². The SMILES string of the molecule is O=C(N1CCOCC1)N1CCCC(Oc2ncc(F)cn2)C1. The van der Waals surface area contributed by atoms with E-state index in [1.54, 1.807) is 9.80 Å². The molecule has 2 amide bonds. The Hall–Kier alpha value is -1.96. The number of halogens is 1. The van der Waals surface area contributed by atoms with Gasteiger partial charge in [0.05, 0.1) is 32.2 Å². The molecule has 1 unspecified atom stereocenters. The second kappa shape index (κ2) is 6.87. The van der Waals surface area contributed by atoms with Gasteiger partial charge in [-0.25, -0.2) is 19.2 Å². The number of nitrogens with zero attached hydrogens (tertiary/aromatic N) is 4. The zero-order valence-electron chi connectivity index (χ0n) is 12.3. The maximum atomic E-state index is 12.8. The Morgan fingerprint density at radius 3 is 2.68 bits per heavy atom. The number of carbonyl (C=O) groups excluding carboxylic acids is 1. The number of hydrogen-bond acceptors (Lipinski definition) is 5. The number of aromatic nitrogens is 2. The average Bonchev–Trinajstić information content (AvgIpc) is 2.57. The van der Waals surface area contributed by atoms with E-state index in [9.17, 15) is 9.18 Å². The second-order valence-corrected chi connectivity index (χ2v) is 5.39. The van der Waals surface area contributed by atoms with E-state index in [1.807, 2.05) is 0 Å². The van der Waals surface area contributed by atoms with Gasteiger partial charge in [0.2, 0.25) is 0 Å². The molecule has 3 rings (SSSR count). The lowest BCUT2D eigenvalue weighted by Gasteiger charge is -2.37. The number of urea groups is 1. The molecule has 2 aliphatic heterocycles. The van der Waals surface area contributed by atoms with E-state index in [2.05, 4.69) is 9.97 Å². The topological polar surface area (TPSA) is 67.8 Å². The molecule has 2 fully saturated rings. The summed E-state index contributed by atoms with van der Waals surface area (Å²) in [6, 6.07) is 0.170. The Morgan fingerprint density at radius 1 is 1.23 bits per heavy atom. The van der Waals surface area contributed by atoms with Crippen LogP contribution in [0.25, 0.3) is 0 Å². The van der Waals surface area contributed by atoms with Crippen molar-refractivity contribution in [1.29, 1.82) is 0 Å². The van der Waals surface area contributed by atoms with Crippen molar-refractivity contribution in [2.45, 2.75) is 18.9 Å². The molecule has 7 nitrogen and oxygen atoms in total. The first kappa shape index (κ1) is 15.0. The molecule has 2 saturated heterocycles. The lowest BCUT2D eigenvalue weighted by atomic mass is 10.1. The van der Waals surface area contributed by atoms with Gasteiger partial charge in [-0.3, -0.25) is 0 Å². The normalized spacial score (nSPS) is 22.5. The monoisotopic (exact) mass is 310 g/mol. The zero-order valence-corrected chi connectivity index (χ0v) is 12.3. The van der Waals surface area contributed by atoms with Crippen molar-refractivity contribution in [3.05, 3.63) is 18.2 Å². The van der Waals surface area contributed by atoms with Gasteiger partial charge in [0.1, 0.15) is 6.10 Å². The number of piperidine rings is 1. The van der Waals surface area contributed by atoms with Crippen molar-refractivity contribution in [2.75, 3.05) is 39.4 Å². The van der Waals surface area contributed by atoms with Crippen LogP contribution in [-0.4, -0.2) is 71.3 Å². The van der Waals surface area contributed by atoms with Crippen LogP contribution in [0.15, 0.2) is 12.4 Å². The Labute approximate surface area is 128 Å². The predicted octanol–water partition coefficient (Wildman–Crippen LogP) is 0.911. The van der Waals surface area contributed by atoms with Gasteiger partial charge in [0.15, 0.2) is 5.82 Å². The largest absolute Gasteiger partial charge is 0.458 e. The van der Waals surface area contributed by atoms with Crippen LogP contribution < -0.4 is 4.74 Å². The number of amides is 2. The van der Waals surface area contributed by atoms with Gasteiger partial charge >= 0.3 is 12.0 Å². The van der Waals surface area contributed by atoms with Gasteiger partial charge < -0.3 is 19.3 Å². The highest BCUT2D eigenvalue weighted by atomic mass is 19.1. The van der Waals surface area contributed by atoms with E-state index in [-0.39, 0.29) is 18.1 Å². The maximum Gasteiger partial charge on any atom is 0.320 e. The van der Waals surface area contributed by atoms with Crippen LogP contribution in [0.3, 0.4) is 0 Å². The molecule has 22 heavy (non-hydrogen) atoms. The van der Waals surface area contributed by atoms with Crippen LogP contribution in [0, 0.1) is 5.82 Å². The second-order valence-electron chi connectivity index (χ2n) is 5.39. The number of likely N-dealkylation sites (tertiary alicyclic amines) is 1. The van der Waals surface area contributed by atoms with Crippen LogP contribution >= 0.6 is 0 Å². The quantitative estimate of drug-likeness (QED) is 0.812. The Bertz CT molecular complexity index is 507. The van der Waals surface area contributed by atoms with Crippen molar-refractivity contribution in [3.63, 3.8) is 0 Å². The molecule has 0 saturated carbocycles. The Kier molecular flexibility index (Phi) is 4.67. The third kappa shape index (κ3) is 3.62. The number of rotatable bonds is 2. The molecule has 0 aromatic carbocycles. The van der Waals surface area contributed by atoms with Crippen molar-refractivity contribution in [1.82, 2.24) is 19.8 Å². The van der Waals surface area contributed by atoms with Gasteiger partial charge in [0, 0.05) is 19.6 Å². The summed E-state index contributed by atoms with van der Waals surface area (Å²) in [5.74, 6) is -0.500. The maximum absolute atomic E-state index is 12.8. The van der Waals surface area contributed by atoms with Crippen LogP contribution in [0.5, 0.6) is 6.01 Å². The predicted molar refractivity (Wildman–Crippen MR) is 75.0 cm³/mol. The summed E-state index contributed by atoms with van der Waals surface area (Å²) in [5, 5.41) is 0. The summed E-state index contributed by atoms with van der Waals surface area (Å²) in [5.41, 5.74) is 0. The number of morpholine rings is 1. The highest BCUT2D eigenvalue weighted by Gasteiger charge is 2.29. The smallest absolute Gasteiger partial charge is 0.320 e. The molecular weight excluding hydrogens is 291 g/mol. The highest BCUT2D eigenvalue weighted by Crippen LogP contribution is 2.17. The van der Waals surface area contributed by atoms with E-state index in [0.717, 1.165) is 31.8 Å². The number of ether oxygens (including phenoxy) is 2. The molecule has 0 aliphatic carbocycles. The van der Waals surface area contributed by atoms with Crippen LogP contribution in [-0.2, 0) is 4.74 Å². The Balaban J connectivity index is 1.56. The van der Waals surface area contributed by atoms with E-state index >= 15 is 0 Å². The minimum absolute atomic E-state index is 0.0247. The molecule has 3 heterocycles. The first-order chi connectivity index (χ1) is 10.7. The summed E-state index contributed by atoms with van der Waals surface area (Å²) in [6.07, 6.45) is 3.67. The molecule has 0 spiro atoms. The molecular formula is C14H19FN4O3. The highest BCUT2D eigenvalue weighted by molar-refractivity contribution is 5.74. The van der Waals surface area contributed by atoms with Crippen molar-refractivity contribution in [2.24, 2.45) is 0 Å². The lowest BCUT2D eigenvalue weighted by molar-refractivity contribution is 0.0320. The van der Waals surface area contributed by atoms with Gasteiger partial charge in [-0.15, -0.1) is 0 Å². The van der Waals surface area contributed by atoms with Crippen molar-refractivity contribution < 1.29 is 18.7 Å². The molecule has 120 valence electrons. The summed E-state index contributed by atoms with van der Waals surface area (Å²) in [4.78, 5) is 23.6. The average molecular weight is 310 g/mol. The molecule has 1 aromatic heterocycles. The number of carbonyl (C=O) groups is 1. The summed E-state index contributed by atoms with van der Waals surface area (Å²) in [7, 11) is 0. The fourth-order valence-corrected chi connectivity index (χ4v) is 2.67. The van der Waals surface area contributed by atoms with Crippen molar-refractivity contribution in [3.8, 4) is 6.01 Å². The lowest BCUT2D eigenvalue weighted by Crippen LogP contribution is -2.52. The van der Waals surface area contributed by atoms with Crippen LogP contribution in [0.1, 0.15) is 12.8 Å². The van der Waals surface area contributed by atoms with Gasteiger partial charge in [-0.05, 0) is 12.8 Å². The van der Waals surface area contributed by atoms with Gasteiger partial charge in [-0.1, -0.05) is 0 Å². The first-order valence-electron chi connectivity index (χ1n) is 7.48. The minimum atomic E-state index is -0.500. The van der Waals surface area contributed by atoms with E-state index in [4.69, 9.17) is 9.47 Å². The van der Waals surface area contributed by atoms with Crippen molar-refractivity contribution >= 4 is 6.03 Å². The minimum Gasteiger partial charge on any atom is -0.458 e. The standard InChI is InChI=1S/C14H19FN4O3/c15-11-8-16-13(17-9-11)22-12-2-1-3-19(10-12)14(20)18-4-6-21-7-5-18/h8-9,12H,1-7,10H2. The number of hydrogen-bond donors (Lipinski definition) is 0. The molecule has 8 heteroatoms. The molecule has 0 bridgehead atoms.